The normalized spacial score (nSPS) is 11.6. The minimum atomic E-state index is 1.23. The van der Waals surface area contributed by atoms with Gasteiger partial charge in [0, 0.05) is 0 Å². The van der Waals surface area contributed by atoms with E-state index in [1.54, 1.807) is 0 Å². The first-order valence-electron chi connectivity index (χ1n) is 12.5. The zero-order valence-corrected chi connectivity index (χ0v) is 19.3. The Morgan fingerprint density at radius 1 is 0.552 bits per heavy atom. The van der Waals surface area contributed by atoms with Gasteiger partial charge in [-0.25, -0.2) is 0 Å². The molecule has 1 heteroatoms. The quantitative estimate of drug-likeness (QED) is 0.243. The highest BCUT2D eigenvalue weighted by Crippen LogP contribution is 2.21. The van der Waals surface area contributed by atoms with E-state index in [1.807, 2.05) is 0 Å². The Bertz CT molecular complexity index is 636. The Morgan fingerprint density at radius 2 is 1.10 bits per heavy atom. The van der Waals surface area contributed by atoms with Crippen molar-refractivity contribution in [3.8, 4) is 0 Å². The summed E-state index contributed by atoms with van der Waals surface area (Å²) < 4.78 is 0. The van der Waals surface area contributed by atoms with E-state index >= 15 is 0 Å². The van der Waals surface area contributed by atoms with Gasteiger partial charge in [-0.15, -0.1) is 0 Å². The van der Waals surface area contributed by atoms with Crippen molar-refractivity contribution in [3.63, 3.8) is 0 Å². The highest BCUT2D eigenvalue weighted by atomic mass is 15.1. The second-order valence-electron chi connectivity index (χ2n) is 8.77. The van der Waals surface area contributed by atoms with Gasteiger partial charge in [-0.1, -0.05) is 108 Å². The van der Waals surface area contributed by atoms with E-state index < -0.39 is 0 Å². The molecule has 29 heavy (non-hydrogen) atoms. The molecule has 0 aliphatic heterocycles. The van der Waals surface area contributed by atoms with Gasteiger partial charge >= 0.3 is 0 Å². The lowest BCUT2D eigenvalue weighted by Crippen LogP contribution is -2.26. The summed E-state index contributed by atoms with van der Waals surface area (Å²) in [5.41, 5.74) is 1.53. The number of aryl methyl sites for hydroxylation is 1. The van der Waals surface area contributed by atoms with Crippen LogP contribution in [0.3, 0.4) is 0 Å². The summed E-state index contributed by atoms with van der Waals surface area (Å²) in [5, 5.41) is 2.83. The Kier molecular flexibility index (Phi) is 12.8. The van der Waals surface area contributed by atoms with Gasteiger partial charge in [0.1, 0.15) is 0 Å². The highest BCUT2D eigenvalue weighted by Gasteiger charge is 2.02. The molecule has 0 amide bonds. The van der Waals surface area contributed by atoms with Crippen LogP contribution in [-0.4, -0.2) is 24.5 Å². The third-order valence-corrected chi connectivity index (χ3v) is 6.13. The number of hydrogen-bond acceptors (Lipinski definition) is 1. The van der Waals surface area contributed by atoms with Gasteiger partial charge in [0.25, 0.3) is 0 Å². The van der Waals surface area contributed by atoms with Crippen LogP contribution >= 0.6 is 0 Å². The van der Waals surface area contributed by atoms with Crippen LogP contribution < -0.4 is 0 Å². The highest BCUT2D eigenvalue weighted by molar-refractivity contribution is 5.85. The molecule has 0 unspecified atom stereocenters. The lowest BCUT2D eigenvalue weighted by atomic mass is 9.99. The van der Waals surface area contributed by atoms with Gasteiger partial charge in [0.15, 0.2) is 0 Å². The fourth-order valence-corrected chi connectivity index (χ4v) is 4.54. The fourth-order valence-electron chi connectivity index (χ4n) is 4.54. The van der Waals surface area contributed by atoms with Crippen LogP contribution in [0.5, 0.6) is 0 Å². The zero-order valence-electron chi connectivity index (χ0n) is 19.3. The van der Waals surface area contributed by atoms with Gasteiger partial charge in [0.05, 0.1) is 0 Å². The monoisotopic (exact) mass is 395 g/mol. The standard InChI is InChI=1S/C28H45N/c1-3-23-29(24-4-2)25-16-12-10-8-6-5-7-9-11-13-18-26-20-17-21-27-19-14-15-22-28(26)27/h14-15,17,19-22H,3-13,16,18,23-25H2,1-2H3. The van der Waals surface area contributed by atoms with Crippen molar-refractivity contribution in [2.24, 2.45) is 0 Å². The molecule has 162 valence electrons. The molecule has 0 spiro atoms. The first-order chi connectivity index (χ1) is 14.3. The molecule has 1 nitrogen and oxygen atoms in total. The summed E-state index contributed by atoms with van der Waals surface area (Å²) in [6, 6.07) is 15.6. The van der Waals surface area contributed by atoms with E-state index in [2.05, 4.69) is 61.2 Å². The molecular formula is C28H45N. The molecule has 0 bridgehead atoms. The van der Waals surface area contributed by atoms with Crippen molar-refractivity contribution in [1.82, 2.24) is 4.90 Å². The largest absolute Gasteiger partial charge is 0.303 e. The van der Waals surface area contributed by atoms with E-state index in [0.29, 0.717) is 0 Å². The van der Waals surface area contributed by atoms with Crippen molar-refractivity contribution < 1.29 is 0 Å². The number of hydrogen-bond donors (Lipinski definition) is 0. The lowest BCUT2D eigenvalue weighted by molar-refractivity contribution is 0.267. The zero-order chi connectivity index (χ0) is 20.6. The minimum absolute atomic E-state index is 1.23. The molecule has 0 radical (unpaired) electrons. The van der Waals surface area contributed by atoms with E-state index in [4.69, 9.17) is 0 Å². The smallest absolute Gasteiger partial charge is 0.00187 e. The first-order valence-corrected chi connectivity index (χ1v) is 12.5. The Morgan fingerprint density at radius 3 is 1.76 bits per heavy atom. The molecule has 0 aromatic heterocycles. The predicted octanol–water partition coefficient (Wildman–Crippen LogP) is 8.41. The molecule has 0 fully saturated rings. The second kappa shape index (κ2) is 15.5. The van der Waals surface area contributed by atoms with Gasteiger partial charge < -0.3 is 4.90 Å². The predicted molar refractivity (Wildman–Crippen MR) is 131 cm³/mol. The molecule has 0 atom stereocenters. The molecule has 0 heterocycles. The topological polar surface area (TPSA) is 3.24 Å². The Balaban J connectivity index is 1.43. The summed E-state index contributed by atoms with van der Waals surface area (Å²) in [6.45, 7) is 8.49. The van der Waals surface area contributed by atoms with Crippen LogP contribution in [0, 0.1) is 0 Å². The van der Waals surface area contributed by atoms with E-state index in [0.717, 1.165) is 0 Å². The molecule has 0 saturated carbocycles. The molecule has 0 aliphatic carbocycles. The van der Waals surface area contributed by atoms with E-state index in [-0.39, 0.29) is 0 Å². The number of benzene rings is 2. The van der Waals surface area contributed by atoms with Gasteiger partial charge in [0.2, 0.25) is 0 Å². The SMILES string of the molecule is CCCN(CCC)CCCCCCCCCCCCc1cccc2ccccc12. The fraction of sp³-hybridized carbons (Fsp3) is 0.643. The van der Waals surface area contributed by atoms with Crippen molar-refractivity contribution in [2.75, 3.05) is 19.6 Å². The molecule has 0 saturated heterocycles. The molecule has 2 aromatic carbocycles. The average molecular weight is 396 g/mol. The summed E-state index contributed by atoms with van der Waals surface area (Å²) in [5.74, 6) is 0. The van der Waals surface area contributed by atoms with Crippen molar-refractivity contribution in [1.29, 1.82) is 0 Å². The number of nitrogens with zero attached hydrogens (tertiary/aromatic N) is 1. The molecule has 2 rings (SSSR count). The summed E-state index contributed by atoms with van der Waals surface area (Å²) in [7, 11) is 0. The third kappa shape index (κ3) is 9.81. The number of rotatable bonds is 17. The van der Waals surface area contributed by atoms with E-state index in [9.17, 15) is 0 Å². The minimum Gasteiger partial charge on any atom is -0.303 e. The lowest BCUT2D eigenvalue weighted by Gasteiger charge is -2.20. The maximum Gasteiger partial charge on any atom is -0.00187 e. The Hall–Kier alpha value is -1.34. The average Bonchev–Trinajstić information content (AvgIpc) is 2.75. The third-order valence-electron chi connectivity index (χ3n) is 6.13. The van der Waals surface area contributed by atoms with Crippen LogP contribution in [0.15, 0.2) is 42.5 Å². The van der Waals surface area contributed by atoms with Crippen LogP contribution in [0.4, 0.5) is 0 Å². The van der Waals surface area contributed by atoms with Crippen molar-refractivity contribution >= 4 is 10.8 Å². The summed E-state index contributed by atoms with van der Waals surface area (Å²) >= 11 is 0. The van der Waals surface area contributed by atoms with Crippen LogP contribution in [-0.2, 0) is 6.42 Å². The first kappa shape index (κ1) is 23.9. The van der Waals surface area contributed by atoms with Gasteiger partial charge in [-0.2, -0.15) is 0 Å². The second-order valence-corrected chi connectivity index (χ2v) is 8.77. The van der Waals surface area contributed by atoms with Crippen LogP contribution in [0.25, 0.3) is 10.8 Å². The maximum atomic E-state index is 2.65. The number of unbranched alkanes of at least 4 members (excludes halogenated alkanes) is 9. The van der Waals surface area contributed by atoms with Crippen LogP contribution in [0.2, 0.25) is 0 Å². The molecule has 0 N–H and O–H groups in total. The van der Waals surface area contributed by atoms with Gasteiger partial charge in [-0.05, 0) is 68.1 Å². The summed E-state index contributed by atoms with van der Waals surface area (Å²) in [4.78, 5) is 2.65. The molecule has 2 aromatic rings. The van der Waals surface area contributed by atoms with Gasteiger partial charge in [-0.3, -0.25) is 0 Å². The van der Waals surface area contributed by atoms with Crippen molar-refractivity contribution in [2.45, 2.75) is 97.3 Å². The Labute approximate surface area is 180 Å². The van der Waals surface area contributed by atoms with Crippen LogP contribution in [0.1, 0.15) is 96.5 Å². The molecular weight excluding hydrogens is 350 g/mol. The number of fused-ring (bicyclic) bond motifs is 1. The van der Waals surface area contributed by atoms with Crippen molar-refractivity contribution in [3.05, 3.63) is 48.0 Å². The summed E-state index contributed by atoms with van der Waals surface area (Å²) in [6.07, 6.45) is 18.0. The van der Waals surface area contributed by atoms with E-state index in [1.165, 1.54) is 119 Å². The maximum absolute atomic E-state index is 2.65. The molecule has 0 aliphatic rings.